The number of nitrogens with two attached hydrogens (primary N) is 1. The summed E-state index contributed by atoms with van der Waals surface area (Å²) in [6, 6.07) is 0. The zero-order valence-electron chi connectivity index (χ0n) is 9.59. The van der Waals surface area contributed by atoms with Gasteiger partial charge in [-0.2, -0.15) is 0 Å². The van der Waals surface area contributed by atoms with Gasteiger partial charge in [-0.05, 0) is 13.1 Å². The predicted molar refractivity (Wildman–Crippen MR) is 63.4 cm³/mol. The van der Waals surface area contributed by atoms with Crippen LogP contribution >= 0.6 is 0 Å². The van der Waals surface area contributed by atoms with Crippen LogP contribution in [-0.4, -0.2) is 57.4 Å². The highest BCUT2D eigenvalue weighted by Gasteiger charge is 2.29. The van der Waals surface area contributed by atoms with Crippen molar-refractivity contribution in [2.45, 2.75) is 0 Å². The Hall–Kier alpha value is -1.34. The number of hydrogen-bond acceptors (Lipinski definition) is 5. The van der Waals surface area contributed by atoms with E-state index in [1.54, 1.807) is 4.90 Å². The van der Waals surface area contributed by atoms with E-state index in [1.165, 1.54) is 6.08 Å². The van der Waals surface area contributed by atoms with Crippen LogP contribution in [0, 0.1) is 0 Å². The number of likely N-dealkylation sites (N-methyl/N-ethyl adjacent to an activating group) is 1. The van der Waals surface area contributed by atoms with Gasteiger partial charge in [-0.1, -0.05) is 0 Å². The molecule has 0 aromatic carbocycles. The molecule has 2 rings (SSSR count). The maximum absolute atomic E-state index is 12.1. The molecule has 0 atom stereocenters. The second-order valence-corrected chi connectivity index (χ2v) is 6.02. The first-order valence-corrected chi connectivity index (χ1v) is 6.87. The molecule has 0 unspecified atom stereocenters. The standard InChI is InChI=1S/C10H15N3O3S/c1-12-3-5-13(6-4-12)10(14)8-2-7-17(15,16)9(8)11/h2,7H,3-6,11H2,1H3. The number of carbonyl (C=O) groups is 1. The molecule has 2 N–H and O–H groups in total. The van der Waals surface area contributed by atoms with Gasteiger partial charge in [-0.25, -0.2) is 8.42 Å². The average Bonchev–Trinajstić information content (AvgIpc) is 2.55. The van der Waals surface area contributed by atoms with E-state index in [1.807, 2.05) is 7.05 Å². The van der Waals surface area contributed by atoms with Crippen molar-refractivity contribution in [3.63, 3.8) is 0 Å². The van der Waals surface area contributed by atoms with Crippen molar-refractivity contribution < 1.29 is 13.2 Å². The topological polar surface area (TPSA) is 83.7 Å². The molecule has 1 saturated heterocycles. The van der Waals surface area contributed by atoms with Gasteiger partial charge in [0.25, 0.3) is 5.91 Å². The Labute approximate surface area is 100 Å². The summed E-state index contributed by atoms with van der Waals surface area (Å²) < 4.78 is 22.7. The summed E-state index contributed by atoms with van der Waals surface area (Å²) >= 11 is 0. The van der Waals surface area contributed by atoms with Crippen LogP contribution in [0.25, 0.3) is 0 Å². The van der Waals surface area contributed by atoms with E-state index in [0.717, 1.165) is 18.5 Å². The molecule has 2 heterocycles. The summed E-state index contributed by atoms with van der Waals surface area (Å²) in [5, 5.41) is 0.646. The fraction of sp³-hybridized carbons (Fsp3) is 0.500. The third-order valence-electron chi connectivity index (χ3n) is 3.01. The van der Waals surface area contributed by atoms with Crippen LogP contribution in [0.4, 0.5) is 0 Å². The zero-order chi connectivity index (χ0) is 12.6. The first-order chi connectivity index (χ1) is 7.92. The van der Waals surface area contributed by atoms with Crippen molar-refractivity contribution in [3.8, 4) is 0 Å². The molecule has 17 heavy (non-hydrogen) atoms. The van der Waals surface area contributed by atoms with Gasteiger partial charge in [0.15, 0.2) is 0 Å². The number of carbonyl (C=O) groups excluding carboxylic acids is 1. The number of hydrogen-bond donors (Lipinski definition) is 1. The Bertz CT molecular complexity index is 499. The SMILES string of the molecule is CN1CCN(C(=O)C2=C(N)S(=O)(=O)C=C2)CC1. The second-order valence-electron chi connectivity index (χ2n) is 4.22. The van der Waals surface area contributed by atoms with E-state index < -0.39 is 9.84 Å². The van der Waals surface area contributed by atoms with E-state index >= 15 is 0 Å². The van der Waals surface area contributed by atoms with Crippen molar-refractivity contribution in [1.82, 2.24) is 9.80 Å². The molecule has 1 amide bonds. The summed E-state index contributed by atoms with van der Waals surface area (Å²) in [6.45, 7) is 2.77. The summed E-state index contributed by atoms with van der Waals surface area (Å²) in [4.78, 5) is 15.8. The molecule has 6 nitrogen and oxygen atoms in total. The summed E-state index contributed by atoms with van der Waals surface area (Å²) in [5.41, 5.74) is 5.56. The third-order valence-corrected chi connectivity index (χ3v) is 4.33. The van der Waals surface area contributed by atoms with Crippen LogP contribution in [0.15, 0.2) is 22.1 Å². The molecule has 0 spiro atoms. The van der Waals surface area contributed by atoms with Crippen LogP contribution in [-0.2, 0) is 14.6 Å². The predicted octanol–water partition coefficient (Wildman–Crippen LogP) is -1.13. The molecular formula is C10H15N3O3S. The molecule has 1 fully saturated rings. The zero-order valence-corrected chi connectivity index (χ0v) is 10.4. The molecule has 0 bridgehead atoms. The van der Waals surface area contributed by atoms with Gasteiger partial charge in [0.1, 0.15) is 5.03 Å². The molecule has 0 aliphatic carbocycles. The number of amides is 1. The molecule has 94 valence electrons. The highest BCUT2D eigenvalue weighted by molar-refractivity contribution is 7.98. The summed E-state index contributed by atoms with van der Waals surface area (Å²) in [7, 11) is -1.57. The maximum atomic E-state index is 12.1. The summed E-state index contributed by atoms with van der Waals surface area (Å²) in [6.07, 6.45) is 1.28. The van der Waals surface area contributed by atoms with E-state index in [4.69, 9.17) is 5.73 Å². The van der Waals surface area contributed by atoms with Crippen molar-refractivity contribution >= 4 is 15.7 Å². The van der Waals surface area contributed by atoms with Crippen LogP contribution in [0.1, 0.15) is 0 Å². The maximum Gasteiger partial charge on any atom is 0.256 e. The lowest BCUT2D eigenvalue weighted by Crippen LogP contribution is -2.47. The first kappa shape index (κ1) is 12.1. The van der Waals surface area contributed by atoms with E-state index in [9.17, 15) is 13.2 Å². The normalized spacial score (nSPS) is 24.4. The van der Waals surface area contributed by atoms with E-state index in [-0.39, 0.29) is 16.5 Å². The Morgan fingerprint density at radius 2 is 1.88 bits per heavy atom. The van der Waals surface area contributed by atoms with Crippen molar-refractivity contribution in [1.29, 1.82) is 0 Å². The minimum atomic E-state index is -3.55. The fourth-order valence-electron chi connectivity index (χ4n) is 1.82. The molecule has 0 saturated carbocycles. The number of nitrogens with zero attached hydrogens (tertiary/aromatic N) is 2. The van der Waals surface area contributed by atoms with Crippen molar-refractivity contribution in [2.75, 3.05) is 33.2 Å². The third kappa shape index (κ3) is 2.20. The largest absolute Gasteiger partial charge is 0.389 e. The number of sulfone groups is 1. The average molecular weight is 257 g/mol. The number of piperazine rings is 1. The molecule has 0 aromatic rings. The molecule has 0 aromatic heterocycles. The van der Waals surface area contributed by atoms with Crippen LogP contribution in [0.5, 0.6) is 0 Å². The highest BCUT2D eigenvalue weighted by Crippen LogP contribution is 2.21. The number of rotatable bonds is 1. The molecule has 2 aliphatic heterocycles. The summed E-state index contributed by atoms with van der Waals surface area (Å²) in [5.74, 6) is -0.298. The van der Waals surface area contributed by atoms with Crippen molar-refractivity contribution in [2.24, 2.45) is 5.73 Å². The van der Waals surface area contributed by atoms with Gasteiger partial charge in [-0.15, -0.1) is 0 Å². The first-order valence-electron chi connectivity index (χ1n) is 5.32. The van der Waals surface area contributed by atoms with E-state index in [0.29, 0.717) is 13.1 Å². The van der Waals surface area contributed by atoms with E-state index in [2.05, 4.69) is 4.90 Å². The minimum absolute atomic E-state index is 0.0922. The van der Waals surface area contributed by atoms with Gasteiger partial charge in [0, 0.05) is 31.6 Å². The fourth-order valence-corrected chi connectivity index (χ4v) is 2.75. The van der Waals surface area contributed by atoms with Gasteiger partial charge >= 0.3 is 0 Å². The van der Waals surface area contributed by atoms with Crippen LogP contribution < -0.4 is 5.73 Å². The molecule has 7 heteroatoms. The monoisotopic (exact) mass is 257 g/mol. The second kappa shape index (κ2) is 4.15. The smallest absolute Gasteiger partial charge is 0.256 e. The van der Waals surface area contributed by atoms with Gasteiger partial charge < -0.3 is 15.5 Å². The Balaban J connectivity index is 2.17. The quantitative estimate of drug-likeness (QED) is 0.643. The lowest BCUT2D eigenvalue weighted by molar-refractivity contribution is -0.128. The van der Waals surface area contributed by atoms with Crippen LogP contribution in [0.3, 0.4) is 0 Å². The lowest BCUT2D eigenvalue weighted by Gasteiger charge is -2.32. The van der Waals surface area contributed by atoms with Gasteiger partial charge in [-0.3, -0.25) is 4.79 Å². The minimum Gasteiger partial charge on any atom is -0.389 e. The van der Waals surface area contributed by atoms with Crippen LogP contribution in [0.2, 0.25) is 0 Å². The van der Waals surface area contributed by atoms with Gasteiger partial charge in [0.05, 0.1) is 5.57 Å². The van der Waals surface area contributed by atoms with Crippen molar-refractivity contribution in [3.05, 3.63) is 22.1 Å². The Morgan fingerprint density at radius 3 is 2.35 bits per heavy atom. The molecule has 0 radical (unpaired) electrons. The Kier molecular flexibility index (Phi) is 2.96. The highest BCUT2D eigenvalue weighted by atomic mass is 32.2. The molecular weight excluding hydrogens is 242 g/mol. The molecule has 2 aliphatic rings. The Morgan fingerprint density at radius 1 is 1.29 bits per heavy atom. The lowest BCUT2D eigenvalue weighted by atomic mass is 10.2. The van der Waals surface area contributed by atoms with Gasteiger partial charge in [0.2, 0.25) is 9.84 Å².